The van der Waals surface area contributed by atoms with Crippen LogP contribution < -0.4 is 19.3 Å². The number of benzene rings is 4. The second-order valence-electron chi connectivity index (χ2n) is 8.42. The number of amides is 1. The van der Waals surface area contributed by atoms with Gasteiger partial charge in [-0.1, -0.05) is 11.6 Å². The zero-order valence-corrected chi connectivity index (χ0v) is 21.9. The van der Waals surface area contributed by atoms with Gasteiger partial charge in [0.1, 0.15) is 17.3 Å². The van der Waals surface area contributed by atoms with E-state index in [1.807, 2.05) is 104 Å². The second kappa shape index (κ2) is 11.6. The van der Waals surface area contributed by atoms with E-state index >= 15 is 0 Å². The number of rotatable bonds is 7. The van der Waals surface area contributed by atoms with Crippen molar-refractivity contribution in [1.82, 2.24) is 0 Å². The van der Waals surface area contributed by atoms with Crippen molar-refractivity contribution in [1.29, 1.82) is 0 Å². The molecule has 1 amide bonds. The first-order chi connectivity index (χ1) is 17.9. The number of methoxy groups -OCH3 is 2. The lowest BCUT2D eigenvalue weighted by atomic mass is 10.1. The van der Waals surface area contributed by atoms with Crippen LogP contribution in [0.5, 0.6) is 11.5 Å². The Balaban J connectivity index is 1.89. The maximum atomic E-state index is 14.1. The predicted octanol–water partition coefficient (Wildman–Crippen LogP) is 6.85. The minimum absolute atomic E-state index is 0.224. The molecule has 0 fully saturated rings. The molecule has 4 rings (SSSR count). The summed E-state index contributed by atoms with van der Waals surface area (Å²) in [6.45, 7) is 0. The van der Waals surface area contributed by atoms with Gasteiger partial charge in [-0.25, -0.2) is 4.99 Å². The largest absolute Gasteiger partial charge is 0.497 e. The third kappa shape index (κ3) is 6.11. The number of amidine groups is 1. The third-order valence-corrected chi connectivity index (χ3v) is 6.04. The van der Waals surface area contributed by atoms with Crippen molar-refractivity contribution in [3.8, 4) is 11.5 Å². The van der Waals surface area contributed by atoms with Crippen LogP contribution in [-0.4, -0.2) is 40.1 Å². The lowest BCUT2D eigenvalue weighted by molar-refractivity contribution is 0.100. The molecule has 0 saturated heterocycles. The smallest absolute Gasteiger partial charge is 0.264 e. The number of aliphatic imine (C=N–C) groups is 1. The summed E-state index contributed by atoms with van der Waals surface area (Å²) < 4.78 is 10.6. The van der Waals surface area contributed by atoms with Gasteiger partial charge in [-0.15, -0.1) is 0 Å². The van der Waals surface area contributed by atoms with Crippen molar-refractivity contribution in [2.45, 2.75) is 0 Å². The molecule has 0 N–H and O–H groups in total. The number of carbonyl (C=O) groups is 1. The Morgan fingerprint density at radius 1 is 0.676 bits per heavy atom. The Bertz CT molecular complexity index is 1370. The minimum Gasteiger partial charge on any atom is -0.497 e. The lowest BCUT2D eigenvalue weighted by Gasteiger charge is -2.25. The predicted molar refractivity (Wildman–Crippen MR) is 151 cm³/mol. The van der Waals surface area contributed by atoms with Crippen LogP contribution in [0.15, 0.2) is 102 Å². The summed E-state index contributed by atoms with van der Waals surface area (Å²) in [5, 5.41) is 0.592. The fraction of sp³-hybridized carbons (Fsp3) is 0.133. The monoisotopic (exact) mass is 513 g/mol. The minimum atomic E-state index is -0.224. The first-order valence-electron chi connectivity index (χ1n) is 11.6. The van der Waals surface area contributed by atoms with Crippen molar-refractivity contribution >= 4 is 40.4 Å². The zero-order valence-electron chi connectivity index (χ0n) is 21.2. The van der Waals surface area contributed by atoms with Crippen molar-refractivity contribution in [3.63, 3.8) is 0 Å². The van der Waals surface area contributed by atoms with Gasteiger partial charge in [-0.3, -0.25) is 9.69 Å². The Morgan fingerprint density at radius 2 is 1.16 bits per heavy atom. The maximum Gasteiger partial charge on any atom is 0.264 e. The van der Waals surface area contributed by atoms with E-state index in [2.05, 4.69) is 0 Å². The van der Waals surface area contributed by atoms with Gasteiger partial charge < -0.3 is 14.4 Å². The Kier molecular flexibility index (Phi) is 8.11. The van der Waals surface area contributed by atoms with Gasteiger partial charge >= 0.3 is 0 Å². The highest BCUT2D eigenvalue weighted by Gasteiger charge is 2.25. The van der Waals surface area contributed by atoms with Crippen molar-refractivity contribution in [2.24, 2.45) is 4.99 Å². The third-order valence-electron chi connectivity index (χ3n) is 5.79. The van der Waals surface area contributed by atoms with E-state index in [1.54, 1.807) is 31.3 Å². The topological polar surface area (TPSA) is 54.4 Å². The summed E-state index contributed by atoms with van der Waals surface area (Å²) in [7, 11) is 7.14. The zero-order chi connectivity index (χ0) is 26.4. The van der Waals surface area contributed by atoms with Crippen LogP contribution in [0.25, 0.3) is 0 Å². The number of nitrogens with zero attached hydrogens (tertiary/aromatic N) is 3. The molecule has 0 aliphatic heterocycles. The van der Waals surface area contributed by atoms with Crippen LogP contribution in [0.2, 0.25) is 5.02 Å². The van der Waals surface area contributed by atoms with Crippen LogP contribution in [0, 0.1) is 0 Å². The standard InChI is InChI=1S/C30H28ClN3O3/c1-33(2)25-13-7-22(8-14-25)30(35)34(26-15-19-28(37-4)20-16-26)29(21-5-9-23(31)10-6-21)32-24-11-17-27(36-3)18-12-24/h5-20H,1-4H3. The molecule has 0 bridgehead atoms. The summed E-state index contributed by atoms with van der Waals surface area (Å²) in [6.07, 6.45) is 0. The number of ether oxygens (including phenoxy) is 2. The molecular formula is C30H28ClN3O3. The van der Waals surface area contributed by atoms with E-state index < -0.39 is 0 Å². The summed E-state index contributed by atoms with van der Waals surface area (Å²) in [5.74, 6) is 1.63. The fourth-order valence-corrected chi connectivity index (χ4v) is 3.85. The highest BCUT2D eigenvalue weighted by molar-refractivity contribution is 6.31. The summed E-state index contributed by atoms with van der Waals surface area (Å²) in [6, 6.07) is 29.4. The fourth-order valence-electron chi connectivity index (χ4n) is 3.72. The molecule has 37 heavy (non-hydrogen) atoms. The normalized spacial score (nSPS) is 11.1. The lowest BCUT2D eigenvalue weighted by Crippen LogP contribution is -2.37. The highest BCUT2D eigenvalue weighted by atomic mass is 35.5. The van der Waals surface area contributed by atoms with E-state index in [0.29, 0.717) is 33.5 Å². The van der Waals surface area contributed by atoms with Gasteiger partial charge in [-0.05, 0) is 97.1 Å². The van der Waals surface area contributed by atoms with Gasteiger partial charge in [0.15, 0.2) is 0 Å². The van der Waals surface area contributed by atoms with Gasteiger partial charge in [0.2, 0.25) is 0 Å². The highest BCUT2D eigenvalue weighted by Crippen LogP contribution is 2.28. The number of anilines is 2. The van der Waals surface area contributed by atoms with Crippen LogP contribution in [0.3, 0.4) is 0 Å². The van der Waals surface area contributed by atoms with Gasteiger partial charge in [0, 0.05) is 35.9 Å². The van der Waals surface area contributed by atoms with E-state index in [9.17, 15) is 4.79 Å². The first kappa shape index (κ1) is 25.8. The molecule has 0 aromatic heterocycles. The van der Waals surface area contributed by atoms with E-state index in [-0.39, 0.29) is 5.91 Å². The molecule has 0 atom stereocenters. The van der Waals surface area contributed by atoms with Gasteiger partial charge in [0.25, 0.3) is 5.91 Å². The Morgan fingerprint density at radius 3 is 1.68 bits per heavy atom. The summed E-state index contributed by atoms with van der Waals surface area (Å²) in [5.41, 5.74) is 3.56. The molecule has 4 aromatic carbocycles. The SMILES string of the molecule is COc1ccc(N=C(c2ccc(Cl)cc2)N(C(=O)c2ccc(N(C)C)cc2)c2ccc(OC)cc2)cc1. The van der Waals surface area contributed by atoms with Crippen LogP contribution >= 0.6 is 11.6 Å². The molecule has 4 aromatic rings. The Labute approximate surface area is 222 Å². The van der Waals surface area contributed by atoms with Crippen molar-refractivity contribution in [3.05, 3.63) is 113 Å². The first-order valence-corrected chi connectivity index (χ1v) is 12.0. The number of hydrogen-bond acceptors (Lipinski definition) is 5. The molecule has 0 spiro atoms. The van der Waals surface area contributed by atoms with Crippen LogP contribution in [0.4, 0.5) is 17.1 Å². The quantitative estimate of drug-likeness (QED) is 0.200. The summed E-state index contributed by atoms with van der Waals surface area (Å²) >= 11 is 6.19. The molecule has 0 radical (unpaired) electrons. The van der Waals surface area contributed by atoms with E-state index in [1.165, 1.54) is 0 Å². The van der Waals surface area contributed by atoms with Gasteiger partial charge in [0.05, 0.1) is 25.6 Å². The molecule has 0 unspecified atom stereocenters. The molecule has 0 heterocycles. The molecular weight excluding hydrogens is 486 g/mol. The van der Waals surface area contributed by atoms with Crippen LogP contribution in [0.1, 0.15) is 15.9 Å². The Hall–Kier alpha value is -4.29. The van der Waals surface area contributed by atoms with Crippen LogP contribution in [-0.2, 0) is 0 Å². The average Bonchev–Trinajstić information content (AvgIpc) is 2.94. The second-order valence-corrected chi connectivity index (χ2v) is 8.86. The maximum absolute atomic E-state index is 14.1. The van der Waals surface area contributed by atoms with E-state index in [4.69, 9.17) is 26.1 Å². The molecule has 188 valence electrons. The average molecular weight is 514 g/mol. The molecule has 0 saturated carbocycles. The summed E-state index contributed by atoms with van der Waals surface area (Å²) in [4.78, 5) is 22.6. The number of hydrogen-bond donors (Lipinski definition) is 0. The molecule has 6 nitrogen and oxygen atoms in total. The van der Waals surface area contributed by atoms with E-state index in [0.717, 1.165) is 17.0 Å². The van der Waals surface area contributed by atoms with Crippen molar-refractivity contribution < 1.29 is 14.3 Å². The number of halogens is 1. The molecule has 0 aliphatic rings. The van der Waals surface area contributed by atoms with Crippen molar-refractivity contribution in [2.75, 3.05) is 38.1 Å². The number of carbonyl (C=O) groups excluding carboxylic acids is 1. The molecule has 7 heteroatoms. The van der Waals surface area contributed by atoms with Gasteiger partial charge in [-0.2, -0.15) is 0 Å². The molecule has 0 aliphatic carbocycles.